The van der Waals surface area contributed by atoms with E-state index in [2.05, 4.69) is 5.32 Å². The number of amides is 1. The lowest BCUT2D eigenvalue weighted by atomic mass is 10.3. The molecule has 0 bridgehead atoms. The van der Waals surface area contributed by atoms with Crippen LogP contribution in [0.2, 0.25) is 0 Å². The molecule has 6 nitrogen and oxygen atoms in total. The van der Waals surface area contributed by atoms with E-state index in [0.717, 1.165) is 5.76 Å². The number of benzene rings is 1. The van der Waals surface area contributed by atoms with E-state index >= 15 is 0 Å². The van der Waals surface area contributed by atoms with Crippen molar-refractivity contribution >= 4 is 23.4 Å². The number of hydrogen-bond donors (Lipinski definition) is 1. The fourth-order valence-corrected chi connectivity index (χ4v) is 1.58. The number of furan rings is 1. The number of anilines is 1. The third kappa shape index (κ3) is 3.55. The highest BCUT2D eigenvalue weighted by molar-refractivity contribution is 6.01. The van der Waals surface area contributed by atoms with Crippen molar-refractivity contribution in [1.82, 2.24) is 0 Å². The molecular weight excluding hydrogens is 260 g/mol. The van der Waals surface area contributed by atoms with Crippen molar-refractivity contribution in [3.63, 3.8) is 0 Å². The molecule has 1 aromatic carbocycles. The fourth-order valence-electron chi connectivity index (χ4n) is 1.58. The highest BCUT2D eigenvalue weighted by Crippen LogP contribution is 2.17. The summed E-state index contributed by atoms with van der Waals surface area (Å²) in [6, 6.07) is 9.27. The minimum Gasteiger partial charge on any atom is -0.462 e. The average Bonchev–Trinajstić information content (AvgIpc) is 2.82. The summed E-state index contributed by atoms with van der Waals surface area (Å²) in [7, 11) is 0. The quantitative estimate of drug-likeness (QED) is 0.526. The molecule has 0 saturated heterocycles. The van der Waals surface area contributed by atoms with E-state index in [1.54, 1.807) is 25.1 Å². The number of carbonyl (C=O) groups excluding carboxylic acids is 1. The van der Waals surface area contributed by atoms with E-state index < -0.39 is 4.92 Å². The summed E-state index contributed by atoms with van der Waals surface area (Å²) in [6.45, 7) is 1.81. The largest absolute Gasteiger partial charge is 0.462 e. The van der Waals surface area contributed by atoms with Gasteiger partial charge in [0.05, 0.1) is 4.92 Å². The number of nitro benzene ring substituents is 1. The molecule has 0 saturated carbocycles. The molecule has 6 heteroatoms. The summed E-state index contributed by atoms with van der Waals surface area (Å²) >= 11 is 0. The molecule has 0 fully saturated rings. The summed E-state index contributed by atoms with van der Waals surface area (Å²) in [5.41, 5.74) is 0.290. The van der Waals surface area contributed by atoms with E-state index in [9.17, 15) is 14.9 Å². The van der Waals surface area contributed by atoms with Crippen molar-refractivity contribution in [1.29, 1.82) is 0 Å². The number of carbonyl (C=O) groups is 1. The summed E-state index contributed by atoms with van der Waals surface area (Å²) in [4.78, 5) is 21.8. The predicted molar refractivity (Wildman–Crippen MR) is 74.2 cm³/mol. The molecule has 0 unspecified atom stereocenters. The van der Waals surface area contributed by atoms with Crippen LogP contribution in [0.3, 0.4) is 0 Å². The Labute approximate surface area is 114 Å². The minimum absolute atomic E-state index is 0.0755. The number of hydrogen-bond acceptors (Lipinski definition) is 4. The van der Waals surface area contributed by atoms with E-state index in [1.165, 1.54) is 30.4 Å². The molecular formula is C14H12N2O4. The lowest BCUT2D eigenvalue weighted by molar-refractivity contribution is -0.384. The Balaban J connectivity index is 2.02. The fraction of sp³-hybridized carbons (Fsp3) is 0.0714. The van der Waals surface area contributed by atoms with Crippen LogP contribution in [-0.2, 0) is 4.79 Å². The van der Waals surface area contributed by atoms with Crippen LogP contribution in [0, 0.1) is 17.0 Å². The van der Waals surface area contributed by atoms with Gasteiger partial charge in [-0.1, -0.05) is 6.07 Å². The van der Waals surface area contributed by atoms with Gasteiger partial charge in [-0.15, -0.1) is 0 Å². The molecule has 1 N–H and O–H groups in total. The van der Waals surface area contributed by atoms with Crippen LogP contribution in [0.15, 0.2) is 46.9 Å². The molecule has 0 aliphatic heterocycles. The summed E-state index contributed by atoms with van der Waals surface area (Å²) < 4.78 is 5.28. The number of nitro groups is 1. The van der Waals surface area contributed by atoms with E-state index in [0.29, 0.717) is 11.4 Å². The van der Waals surface area contributed by atoms with Gasteiger partial charge in [-0.2, -0.15) is 0 Å². The molecule has 0 atom stereocenters. The lowest BCUT2D eigenvalue weighted by Gasteiger charge is -2.01. The molecule has 2 rings (SSSR count). The van der Waals surface area contributed by atoms with Crippen LogP contribution in [0.5, 0.6) is 0 Å². The second-order valence-corrected chi connectivity index (χ2v) is 4.08. The first-order chi connectivity index (χ1) is 9.54. The molecule has 20 heavy (non-hydrogen) atoms. The Bertz CT molecular complexity index is 673. The van der Waals surface area contributed by atoms with Crippen LogP contribution in [-0.4, -0.2) is 10.8 Å². The average molecular weight is 272 g/mol. The zero-order chi connectivity index (χ0) is 14.5. The van der Waals surface area contributed by atoms with Gasteiger partial charge < -0.3 is 9.73 Å². The van der Waals surface area contributed by atoms with E-state index in [1.807, 2.05) is 0 Å². The SMILES string of the molecule is Cc1ccc(/C=C/C(=O)Nc2cccc([N+](=O)[O-])c2)o1. The zero-order valence-corrected chi connectivity index (χ0v) is 10.7. The van der Waals surface area contributed by atoms with E-state index in [-0.39, 0.29) is 11.6 Å². The third-order valence-electron chi connectivity index (χ3n) is 2.48. The predicted octanol–water partition coefficient (Wildman–Crippen LogP) is 3.15. The van der Waals surface area contributed by atoms with Gasteiger partial charge >= 0.3 is 0 Å². The highest BCUT2D eigenvalue weighted by Gasteiger charge is 2.06. The second kappa shape index (κ2) is 5.83. The Morgan fingerprint density at radius 2 is 2.15 bits per heavy atom. The van der Waals surface area contributed by atoms with Gasteiger partial charge in [0, 0.05) is 23.9 Å². The number of aryl methyl sites for hydroxylation is 1. The standard InChI is InChI=1S/C14H12N2O4/c1-10-5-6-13(20-10)7-8-14(17)15-11-3-2-4-12(9-11)16(18)19/h2-9H,1H3,(H,15,17)/b8-7+. The molecule has 0 spiro atoms. The first kappa shape index (κ1) is 13.5. The maximum absolute atomic E-state index is 11.7. The van der Waals surface area contributed by atoms with Crippen LogP contribution in [0.25, 0.3) is 6.08 Å². The number of nitrogens with zero attached hydrogens (tertiary/aromatic N) is 1. The highest BCUT2D eigenvalue weighted by atomic mass is 16.6. The number of non-ortho nitro benzene ring substituents is 1. The third-order valence-corrected chi connectivity index (χ3v) is 2.48. The Morgan fingerprint density at radius 3 is 2.80 bits per heavy atom. The van der Waals surface area contributed by atoms with Crippen LogP contribution in [0.1, 0.15) is 11.5 Å². The van der Waals surface area contributed by atoms with Crippen LogP contribution < -0.4 is 5.32 Å². The van der Waals surface area contributed by atoms with Gasteiger partial charge in [-0.25, -0.2) is 0 Å². The van der Waals surface area contributed by atoms with Crippen LogP contribution in [0.4, 0.5) is 11.4 Å². The molecule has 1 aromatic heterocycles. The monoisotopic (exact) mass is 272 g/mol. The molecule has 0 aliphatic rings. The second-order valence-electron chi connectivity index (χ2n) is 4.08. The molecule has 2 aromatic rings. The van der Waals surface area contributed by atoms with Crippen molar-refractivity contribution in [2.24, 2.45) is 0 Å². The first-order valence-corrected chi connectivity index (χ1v) is 5.84. The zero-order valence-electron chi connectivity index (χ0n) is 10.7. The molecule has 102 valence electrons. The van der Waals surface area contributed by atoms with Crippen molar-refractivity contribution < 1.29 is 14.1 Å². The summed E-state index contributed by atoms with van der Waals surface area (Å²) in [5.74, 6) is 0.931. The summed E-state index contributed by atoms with van der Waals surface area (Å²) in [5, 5.41) is 13.2. The molecule has 0 aliphatic carbocycles. The van der Waals surface area contributed by atoms with Gasteiger partial charge in [-0.3, -0.25) is 14.9 Å². The lowest BCUT2D eigenvalue weighted by Crippen LogP contribution is -2.07. The van der Waals surface area contributed by atoms with Gasteiger partial charge in [0.2, 0.25) is 5.91 Å². The maximum Gasteiger partial charge on any atom is 0.271 e. The van der Waals surface area contributed by atoms with Gasteiger partial charge in [0.15, 0.2) is 0 Å². The topological polar surface area (TPSA) is 85.4 Å². The Morgan fingerprint density at radius 1 is 1.35 bits per heavy atom. The normalized spacial score (nSPS) is 10.7. The van der Waals surface area contributed by atoms with Gasteiger partial charge in [-0.05, 0) is 31.2 Å². The van der Waals surface area contributed by atoms with Crippen molar-refractivity contribution in [2.45, 2.75) is 6.92 Å². The van der Waals surface area contributed by atoms with Crippen LogP contribution >= 0.6 is 0 Å². The molecule has 1 heterocycles. The molecule has 0 radical (unpaired) electrons. The number of rotatable bonds is 4. The van der Waals surface area contributed by atoms with Crippen molar-refractivity contribution in [3.8, 4) is 0 Å². The van der Waals surface area contributed by atoms with Gasteiger partial charge in [0.1, 0.15) is 11.5 Å². The Kier molecular flexibility index (Phi) is 3.95. The summed E-state index contributed by atoms with van der Waals surface area (Å²) in [6.07, 6.45) is 2.83. The molecule has 1 amide bonds. The van der Waals surface area contributed by atoms with Crippen molar-refractivity contribution in [2.75, 3.05) is 5.32 Å². The Hall–Kier alpha value is -2.89. The smallest absolute Gasteiger partial charge is 0.271 e. The van der Waals surface area contributed by atoms with E-state index in [4.69, 9.17) is 4.42 Å². The number of nitrogens with one attached hydrogen (secondary N) is 1. The first-order valence-electron chi connectivity index (χ1n) is 5.84. The maximum atomic E-state index is 11.7. The minimum atomic E-state index is -0.517. The van der Waals surface area contributed by atoms with Crippen molar-refractivity contribution in [3.05, 3.63) is 64.1 Å². The van der Waals surface area contributed by atoms with Gasteiger partial charge in [0.25, 0.3) is 5.69 Å².